The van der Waals surface area contributed by atoms with E-state index in [4.69, 9.17) is 4.74 Å². The fraction of sp³-hybridized carbons (Fsp3) is 1.00. The van der Waals surface area contributed by atoms with E-state index in [0.717, 1.165) is 0 Å². The Morgan fingerprint density at radius 3 is 2.56 bits per heavy atom. The van der Waals surface area contributed by atoms with E-state index in [9.17, 15) is 13.5 Å². The fourth-order valence-corrected chi connectivity index (χ4v) is 3.22. The summed E-state index contributed by atoms with van der Waals surface area (Å²) >= 11 is 0. The van der Waals surface area contributed by atoms with Crippen molar-refractivity contribution in [2.24, 2.45) is 5.41 Å². The predicted molar refractivity (Wildman–Crippen MR) is 61.6 cm³/mol. The lowest BCUT2D eigenvalue weighted by atomic mass is 9.65. The summed E-state index contributed by atoms with van der Waals surface area (Å²) in [7, 11) is -1.70. The van der Waals surface area contributed by atoms with Gasteiger partial charge < -0.3 is 9.84 Å². The minimum atomic E-state index is -3.25. The molecule has 0 aliphatic heterocycles. The minimum Gasteiger partial charge on any atom is -0.392 e. The van der Waals surface area contributed by atoms with Crippen molar-refractivity contribution >= 4 is 10.0 Å². The number of hydrogen-bond acceptors (Lipinski definition) is 4. The van der Waals surface area contributed by atoms with Gasteiger partial charge in [-0.1, -0.05) is 13.8 Å². The largest absolute Gasteiger partial charge is 0.392 e. The monoisotopic (exact) mass is 251 g/mol. The predicted octanol–water partition coefficient (Wildman–Crippen LogP) is 0.102. The first-order valence-corrected chi connectivity index (χ1v) is 7.12. The second-order valence-electron chi connectivity index (χ2n) is 4.91. The van der Waals surface area contributed by atoms with E-state index in [1.807, 2.05) is 13.8 Å². The lowest BCUT2D eigenvalue weighted by molar-refractivity contribution is -0.0645. The number of sulfonamides is 1. The molecule has 16 heavy (non-hydrogen) atoms. The van der Waals surface area contributed by atoms with Crippen LogP contribution in [0.15, 0.2) is 0 Å². The van der Waals surface area contributed by atoms with Gasteiger partial charge in [0.25, 0.3) is 0 Å². The average Bonchev–Trinajstić information content (AvgIpc) is 2.17. The Balaban J connectivity index is 2.42. The molecular weight excluding hydrogens is 230 g/mol. The zero-order valence-corrected chi connectivity index (χ0v) is 10.9. The van der Waals surface area contributed by atoms with Crippen molar-refractivity contribution in [1.82, 2.24) is 4.72 Å². The van der Waals surface area contributed by atoms with Crippen molar-refractivity contribution in [3.8, 4) is 0 Å². The Kier molecular flexibility index (Phi) is 4.34. The molecule has 1 rings (SSSR count). The first-order chi connectivity index (χ1) is 7.29. The van der Waals surface area contributed by atoms with Crippen molar-refractivity contribution < 1.29 is 18.3 Å². The van der Waals surface area contributed by atoms with Crippen LogP contribution < -0.4 is 4.72 Å². The zero-order valence-electron chi connectivity index (χ0n) is 10.1. The molecule has 2 unspecified atom stereocenters. The highest BCUT2D eigenvalue weighted by atomic mass is 32.2. The molecule has 0 saturated heterocycles. The smallest absolute Gasteiger partial charge is 0.211 e. The van der Waals surface area contributed by atoms with Gasteiger partial charge in [0.1, 0.15) is 0 Å². The van der Waals surface area contributed by atoms with E-state index in [1.54, 1.807) is 7.11 Å². The topological polar surface area (TPSA) is 75.6 Å². The van der Waals surface area contributed by atoms with Crippen molar-refractivity contribution in [2.45, 2.75) is 38.8 Å². The molecule has 0 spiro atoms. The fourth-order valence-electron chi connectivity index (χ4n) is 1.77. The highest BCUT2D eigenvalue weighted by molar-refractivity contribution is 7.89. The number of aliphatic hydroxyl groups is 1. The Morgan fingerprint density at radius 1 is 1.50 bits per heavy atom. The third-order valence-corrected chi connectivity index (χ3v) is 4.77. The van der Waals surface area contributed by atoms with Crippen LogP contribution >= 0.6 is 0 Å². The van der Waals surface area contributed by atoms with Crippen LogP contribution in [0, 0.1) is 5.41 Å². The first-order valence-electron chi connectivity index (χ1n) is 5.46. The van der Waals surface area contributed by atoms with Gasteiger partial charge in [0.2, 0.25) is 10.0 Å². The van der Waals surface area contributed by atoms with E-state index in [0.29, 0.717) is 19.4 Å². The van der Waals surface area contributed by atoms with E-state index >= 15 is 0 Å². The van der Waals surface area contributed by atoms with Gasteiger partial charge >= 0.3 is 0 Å². The van der Waals surface area contributed by atoms with Crippen LogP contribution in [0.3, 0.4) is 0 Å². The number of rotatable bonds is 6. The number of methoxy groups -OCH3 is 1. The van der Waals surface area contributed by atoms with Gasteiger partial charge in [-0.2, -0.15) is 0 Å². The molecule has 1 saturated carbocycles. The minimum absolute atomic E-state index is 0.0729. The van der Waals surface area contributed by atoms with E-state index in [1.165, 1.54) is 0 Å². The van der Waals surface area contributed by atoms with Crippen LogP contribution in [0.1, 0.15) is 26.7 Å². The Labute approximate surface area is 97.2 Å². The van der Waals surface area contributed by atoms with Gasteiger partial charge in [-0.15, -0.1) is 0 Å². The lowest BCUT2D eigenvalue weighted by Gasteiger charge is -2.49. The normalized spacial score (nSPS) is 28.8. The van der Waals surface area contributed by atoms with E-state index < -0.39 is 16.1 Å². The maximum atomic E-state index is 11.7. The van der Waals surface area contributed by atoms with Gasteiger partial charge in [0.05, 0.1) is 11.9 Å². The lowest BCUT2D eigenvalue weighted by Crippen LogP contribution is -2.61. The molecule has 0 aromatic carbocycles. The maximum Gasteiger partial charge on any atom is 0.211 e. The molecule has 0 amide bonds. The summed E-state index contributed by atoms with van der Waals surface area (Å²) in [5.41, 5.74) is -0.367. The molecule has 1 aliphatic carbocycles. The standard InChI is InChI=1S/C10H21NO4S/c1-10(2)8(7-9(10)12)11-16(13,14)6-4-5-15-3/h8-9,11-12H,4-7H2,1-3H3. The summed E-state index contributed by atoms with van der Waals surface area (Å²) in [4.78, 5) is 0. The van der Waals surface area contributed by atoms with Crippen LogP contribution in [0.5, 0.6) is 0 Å². The Hall–Kier alpha value is -0.170. The van der Waals surface area contributed by atoms with Crippen LogP contribution in [0.4, 0.5) is 0 Å². The number of nitrogens with one attached hydrogen (secondary N) is 1. The quantitative estimate of drug-likeness (QED) is 0.657. The summed E-state index contributed by atoms with van der Waals surface area (Å²) in [6, 6.07) is -0.157. The SMILES string of the molecule is COCCCS(=O)(=O)NC1CC(O)C1(C)C. The van der Waals surface area contributed by atoms with E-state index in [-0.39, 0.29) is 17.2 Å². The van der Waals surface area contributed by atoms with Gasteiger partial charge in [0, 0.05) is 25.2 Å². The molecule has 0 bridgehead atoms. The van der Waals surface area contributed by atoms with Gasteiger partial charge in [0.15, 0.2) is 0 Å². The molecule has 96 valence electrons. The first kappa shape index (κ1) is 13.9. The molecule has 0 heterocycles. The van der Waals surface area contributed by atoms with Crippen LogP contribution in [-0.4, -0.2) is 45.1 Å². The molecule has 1 aliphatic rings. The van der Waals surface area contributed by atoms with Crippen molar-refractivity contribution in [1.29, 1.82) is 0 Å². The summed E-state index contributed by atoms with van der Waals surface area (Å²) in [6.07, 6.45) is 0.567. The Morgan fingerprint density at radius 2 is 2.12 bits per heavy atom. The van der Waals surface area contributed by atoms with Gasteiger partial charge in [-0.05, 0) is 12.8 Å². The van der Waals surface area contributed by atoms with Crippen molar-refractivity contribution in [2.75, 3.05) is 19.5 Å². The zero-order chi connectivity index (χ0) is 12.4. The van der Waals surface area contributed by atoms with Gasteiger partial charge in [-0.25, -0.2) is 13.1 Å². The molecule has 0 aromatic heterocycles. The molecule has 2 N–H and O–H groups in total. The summed E-state index contributed by atoms with van der Waals surface area (Å²) in [5, 5.41) is 9.50. The van der Waals surface area contributed by atoms with Crippen LogP contribution in [0.25, 0.3) is 0 Å². The van der Waals surface area contributed by atoms with Gasteiger partial charge in [-0.3, -0.25) is 0 Å². The van der Waals surface area contributed by atoms with Crippen molar-refractivity contribution in [3.05, 3.63) is 0 Å². The maximum absolute atomic E-state index is 11.7. The highest BCUT2D eigenvalue weighted by Crippen LogP contribution is 2.40. The molecule has 0 radical (unpaired) electrons. The van der Waals surface area contributed by atoms with Crippen molar-refractivity contribution in [3.63, 3.8) is 0 Å². The summed E-state index contributed by atoms with van der Waals surface area (Å²) in [5.74, 6) is 0.0729. The molecule has 6 heteroatoms. The number of hydrogen-bond donors (Lipinski definition) is 2. The molecule has 2 atom stereocenters. The number of ether oxygens (including phenoxy) is 1. The average molecular weight is 251 g/mol. The second kappa shape index (κ2) is 5.00. The molecule has 5 nitrogen and oxygen atoms in total. The summed E-state index contributed by atoms with van der Waals surface area (Å²) < 4.78 is 30.7. The van der Waals surface area contributed by atoms with E-state index in [2.05, 4.69) is 4.72 Å². The van der Waals surface area contributed by atoms with Crippen LogP contribution in [-0.2, 0) is 14.8 Å². The molecule has 1 fully saturated rings. The molecular formula is C10H21NO4S. The number of aliphatic hydroxyl groups excluding tert-OH is 1. The third kappa shape index (κ3) is 3.16. The third-order valence-electron chi connectivity index (χ3n) is 3.30. The summed E-state index contributed by atoms with van der Waals surface area (Å²) in [6.45, 7) is 4.17. The highest BCUT2D eigenvalue weighted by Gasteiger charge is 2.48. The Bertz CT molecular complexity index is 326. The van der Waals surface area contributed by atoms with Crippen LogP contribution in [0.2, 0.25) is 0 Å². The molecule has 0 aromatic rings. The second-order valence-corrected chi connectivity index (χ2v) is 6.78.